The number of rotatable bonds is 3. The normalized spacial score (nSPS) is 17.2. The van der Waals surface area contributed by atoms with Gasteiger partial charge in [-0.15, -0.1) is 24.8 Å². The quantitative estimate of drug-likeness (QED) is 0.911. The molecule has 1 aliphatic rings. The maximum absolute atomic E-state index is 13.5. The summed E-state index contributed by atoms with van der Waals surface area (Å²) < 4.78 is 13.5. The zero-order valence-electron chi connectivity index (χ0n) is 11.1. The Hall–Kier alpha value is -0.810. The third-order valence-corrected chi connectivity index (χ3v) is 3.72. The third kappa shape index (κ3) is 3.26. The molecule has 1 saturated heterocycles. The van der Waals surface area contributed by atoms with Crippen molar-refractivity contribution in [3.63, 3.8) is 0 Å². The highest BCUT2D eigenvalue weighted by molar-refractivity contribution is 5.85. The van der Waals surface area contributed by atoms with E-state index in [-0.39, 0.29) is 37.5 Å². The molecule has 3 rings (SSSR count). The van der Waals surface area contributed by atoms with Gasteiger partial charge in [0.1, 0.15) is 6.67 Å². The van der Waals surface area contributed by atoms with Crippen LogP contribution in [0.5, 0.6) is 0 Å². The van der Waals surface area contributed by atoms with Gasteiger partial charge in [-0.1, -0.05) is 18.2 Å². The van der Waals surface area contributed by atoms with Crippen molar-refractivity contribution in [2.45, 2.75) is 6.04 Å². The Morgan fingerprint density at radius 1 is 1.15 bits per heavy atom. The van der Waals surface area contributed by atoms with Crippen LogP contribution in [0.15, 0.2) is 30.5 Å². The Kier molecular flexibility index (Phi) is 6.76. The van der Waals surface area contributed by atoms with E-state index >= 15 is 0 Å². The average Bonchev–Trinajstić information content (AvgIpc) is 2.85. The number of fused-ring (bicyclic) bond motifs is 1. The van der Waals surface area contributed by atoms with Gasteiger partial charge >= 0.3 is 0 Å². The summed E-state index contributed by atoms with van der Waals surface area (Å²) in [5.74, 6) is 0. The minimum Gasteiger partial charge on any atom is -0.361 e. The van der Waals surface area contributed by atoms with Crippen molar-refractivity contribution in [2.75, 3.05) is 32.9 Å². The number of nitrogens with one attached hydrogen (secondary N) is 2. The predicted molar refractivity (Wildman–Crippen MR) is 86.0 cm³/mol. The molecular weight excluding hydrogens is 300 g/mol. The first-order valence-electron chi connectivity index (χ1n) is 6.47. The number of piperazine rings is 1. The molecule has 1 aromatic heterocycles. The Morgan fingerprint density at radius 2 is 1.85 bits per heavy atom. The fourth-order valence-corrected chi connectivity index (χ4v) is 2.74. The van der Waals surface area contributed by atoms with E-state index in [1.807, 2.05) is 24.4 Å². The standard InChI is InChI=1S/C14H18FN3.2ClH/c15-9-14(18-7-5-16-6-8-18)12-10-17-13-4-2-1-3-11(12)13;;/h1-4,10,14,16-17H,5-9H2;2*1H/t14-;;/m1../s1. The maximum atomic E-state index is 13.5. The van der Waals surface area contributed by atoms with Crippen molar-refractivity contribution >= 4 is 35.7 Å². The molecule has 0 spiro atoms. The maximum Gasteiger partial charge on any atom is 0.109 e. The van der Waals surface area contributed by atoms with Gasteiger partial charge in [0.25, 0.3) is 0 Å². The van der Waals surface area contributed by atoms with Crippen LogP contribution in [-0.4, -0.2) is 42.7 Å². The molecular formula is C14H20Cl2FN3. The van der Waals surface area contributed by atoms with E-state index in [9.17, 15) is 4.39 Å². The van der Waals surface area contributed by atoms with Crippen LogP contribution < -0.4 is 5.32 Å². The minimum absolute atomic E-state index is 0. The highest BCUT2D eigenvalue weighted by Gasteiger charge is 2.24. The third-order valence-electron chi connectivity index (χ3n) is 3.72. The largest absolute Gasteiger partial charge is 0.361 e. The van der Waals surface area contributed by atoms with E-state index in [0.717, 1.165) is 42.6 Å². The molecule has 20 heavy (non-hydrogen) atoms. The minimum atomic E-state index is -0.332. The highest BCUT2D eigenvalue weighted by atomic mass is 35.5. The van der Waals surface area contributed by atoms with Gasteiger partial charge in [0, 0.05) is 43.3 Å². The number of alkyl halides is 1. The lowest BCUT2D eigenvalue weighted by atomic mass is 10.0. The summed E-state index contributed by atoms with van der Waals surface area (Å²) in [5.41, 5.74) is 2.16. The molecule has 3 nitrogen and oxygen atoms in total. The van der Waals surface area contributed by atoms with Crippen molar-refractivity contribution in [1.82, 2.24) is 15.2 Å². The topological polar surface area (TPSA) is 31.1 Å². The van der Waals surface area contributed by atoms with Crippen LogP contribution in [0.2, 0.25) is 0 Å². The summed E-state index contributed by atoms with van der Waals surface area (Å²) in [5, 5.41) is 4.44. The lowest BCUT2D eigenvalue weighted by Crippen LogP contribution is -2.45. The van der Waals surface area contributed by atoms with E-state index in [1.165, 1.54) is 0 Å². The second kappa shape index (κ2) is 7.84. The lowest BCUT2D eigenvalue weighted by molar-refractivity contribution is 0.148. The van der Waals surface area contributed by atoms with Gasteiger partial charge in [-0.2, -0.15) is 0 Å². The van der Waals surface area contributed by atoms with E-state index in [4.69, 9.17) is 0 Å². The van der Waals surface area contributed by atoms with Crippen molar-refractivity contribution in [3.05, 3.63) is 36.0 Å². The SMILES string of the molecule is Cl.Cl.FC[C@H](c1c[nH]c2ccccc12)N1CCNCC1. The molecule has 0 radical (unpaired) electrons. The summed E-state index contributed by atoms with van der Waals surface area (Å²) in [6, 6.07) is 7.98. The first-order chi connectivity index (χ1) is 8.90. The van der Waals surface area contributed by atoms with Gasteiger partial charge in [-0.25, -0.2) is 4.39 Å². The number of nitrogens with zero attached hydrogens (tertiary/aromatic N) is 1. The van der Waals surface area contributed by atoms with Gasteiger partial charge in [0.2, 0.25) is 0 Å². The van der Waals surface area contributed by atoms with Gasteiger partial charge in [0.15, 0.2) is 0 Å². The first kappa shape index (κ1) is 17.2. The fourth-order valence-electron chi connectivity index (χ4n) is 2.74. The number of aromatic nitrogens is 1. The molecule has 1 atom stereocenters. The van der Waals surface area contributed by atoms with Crippen molar-refractivity contribution in [1.29, 1.82) is 0 Å². The average molecular weight is 320 g/mol. The Balaban J connectivity index is 0.000001000. The molecule has 2 N–H and O–H groups in total. The molecule has 0 bridgehead atoms. The van der Waals surface area contributed by atoms with Crippen molar-refractivity contribution < 1.29 is 4.39 Å². The smallest absolute Gasteiger partial charge is 0.109 e. The van der Waals surface area contributed by atoms with Gasteiger partial charge in [-0.3, -0.25) is 4.90 Å². The number of para-hydroxylation sites is 1. The van der Waals surface area contributed by atoms with Gasteiger partial charge in [0.05, 0.1) is 6.04 Å². The fraction of sp³-hybridized carbons (Fsp3) is 0.429. The van der Waals surface area contributed by atoms with Gasteiger partial charge < -0.3 is 10.3 Å². The molecule has 2 heterocycles. The molecule has 6 heteroatoms. The van der Waals surface area contributed by atoms with E-state index in [1.54, 1.807) is 0 Å². The molecule has 0 saturated carbocycles. The van der Waals surface area contributed by atoms with Crippen molar-refractivity contribution in [2.24, 2.45) is 0 Å². The number of H-pyrrole nitrogens is 1. The van der Waals surface area contributed by atoms with Crippen LogP contribution in [-0.2, 0) is 0 Å². The van der Waals surface area contributed by atoms with Crippen LogP contribution >= 0.6 is 24.8 Å². The second-order valence-corrected chi connectivity index (χ2v) is 4.75. The summed E-state index contributed by atoms with van der Waals surface area (Å²) in [4.78, 5) is 5.46. The molecule has 0 amide bonds. The lowest BCUT2D eigenvalue weighted by Gasteiger charge is -2.33. The van der Waals surface area contributed by atoms with Crippen LogP contribution in [0.3, 0.4) is 0 Å². The number of aromatic amines is 1. The van der Waals surface area contributed by atoms with E-state index in [2.05, 4.69) is 21.3 Å². The molecule has 2 aromatic rings. The molecule has 112 valence electrons. The van der Waals surface area contributed by atoms with Crippen LogP contribution in [0.25, 0.3) is 10.9 Å². The highest BCUT2D eigenvalue weighted by Crippen LogP contribution is 2.28. The molecule has 0 unspecified atom stereocenters. The Labute approximate surface area is 130 Å². The predicted octanol–water partition coefficient (Wildman–Crippen LogP) is 2.93. The number of hydrogen-bond acceptors (Lipinski definition) is 2. The van der Waals surface area contributed by atoms with E-state index in [0.29, 0.717) is 0 Å². The molecule has 0 aliphatic carbocycles. The Bertz CT molecular complexity index is 526. The summed E-state index contributed by atoms with van der Waals surface area (Å²) in [6.07, 6.45) is 1.96. The Morgan fingerprint density at radius 3 is 2.55 bits per heavy atom. The van der Waals surface area contributed by atoms with Crippen LogP contribution in [0.1, 0.15) is 11.6 Å². The molecule has 1 aromatic carbocycles. The number of halogens is 3. The molecule has 1 fully saturated rings. The zero-order valence-corrected chi connectivity index (χ0v) is 12.8. The first-order valence-corrected chi connectivity index (χ1v) is 6.47. The monoisotopic (exact) mass is 319 g/mol. The van der Waals surface area contributed by atoms with Crippen LogP contribution in [0.4, 0.5) is 4.39 Å². The number of hydrogen-bond donors (Lipinski definition) is 2. The summed E-state index contributed by atoms with van der Waals surface area (Å²) in [6.45, 7) is 3.38. The molecule has 1 aliphatic heterocycles. The summed E-state index contributed by atoms with van der Waals surface area (Å²) in [7, 11) is 0. The zero-order chi connectivity index (χ0) is 12.4. The van der Waals surface area contributed by atoms with Crippen molar-refractivity contribution in [3.8, 4) is 0 Å². The second-order valence-electron chi connectivity index (χ2n) is 4.75. The van der Waals surface area contributed by atoms with Gasteiger partial charge in [-0.05, 0) is 11.6 Å². The number of benzene rings is 1. The summed E-state index contributed by atoms with van der Waals surface area (Å²) >= 11 is 0. The van der Waals surface area contributed by atoms with E-state index < -0.39 is 0 Å². The van der Waals surface area contributed by atoms with Crippen LogP contribution in [0, 0.1) is 0 Å².